The quantitative estimate of drug-likeness (QED) is 0.784. The Bertz CT molecular complexity index is 399. The Hall–Kier alpha value is -0.870. The number of ketones is 1. The van der Waals surface area contributed by atoms with Crippen LogP contribution in [-0.4, -0.2) is 29.5 Å². The summed E-state index contributed by atoms with van der Waals surface area (Å²) >= 11 is 1.70. The lowest BCUT2D eigenvalue weighted by molar-refractivity contribution is 0.0974. The van der Waals surface area contributed by atoms with Crippen LogP contribution >= 0.6 is 11.8 Å². The minimum Gasteiger partial charge on any atom is -0.381 e. The monoisotopic (exact) mass is 268 g/mol. The minimum atomic E-state index is -0.309. The highest BCUT2D eigenvalue weighted by atomic mass is 32.2. The van der Waals surface area contributed by atoms with E-state index in [4.69, 9.17) is 4.74 Å². The average molecular weight is 268 g/mol. The lowest BCUT2D eigenvalue weighted by Crippen LogP contribution is -2.23. The molecule has 1 aliphatic heterocycles. The maximum atomic E-state index is 12.8. The van der Waals surface area contributed by atoms with E-state index < -0.39 is 0 Å². The van der Waals surface area contributed by atoms with Gasteiger partial charge in [-0.1, -0.05) is 0 Å². The molecule has 2 nitrogen and oxygen atoms in total. The summed E-state index contributed by atoms with van der Waals surface area (Å²) in [5, 5.41) is 0.414. The number of hydrogen-bond acceptors (Lipinski definition) is 3. The molecule has 0 aliphatic carbocycles. The maximum Gasteiger partial charge on any atom is 0.175 e. The first-order valence-corrected chi connectivity index (χ1v) is 7.14. The van der Waals surface area contributed by atoms with Crippen molar-refractivity contribution in [3.63, 3.8) is 0 Å². The predicted octanol–water partition coefficient (Wildman–Crippen LogP) is 3.31. The summed E-state index contributed by atoms with van der Waals surface area (Å²) in [6.07, 6.45) is 2.01. The molecule has 1 fully saturated rings. The molecule has 0 bridgehead atoms. The second-order valence-corrected chi connectivity index (χ2v) is 6.11. The number of hydrogen-bond donors (Lipinski definition) is 0. The number of halogens is 1. The zero-order valence-electron chi connectivity index (χ0n) is 10.4. The molecule has 1 unspecified atom stereocenters. The van der Waals surface area contributed by atoms with Crippen molar-refractivity contribution < 1.29 is 13.9 Å². The Balaban J connectivity index is 1.93. The summed E-state index contributed by atoms with van der Waals surface area (Å²) in [6.45, 7) is 3.50. The molecule has 0 spiro atoms. The van der Waals surface area contributed by atoms with E-state index in [2.05, 4.69) is 0 Å². The fourth-order valence-electron chi connectivity index (χ4n) is 2.01. The van der Waals surface area contributed by atoms with Gasteiger partial charge in [0.15, 0.2) is 5.78 Å². The minimum absolute atomic E-state index is 0.0755. The fourth-order valence-corrected chi connectivity index (χ4v) is 3.31. The van der Waals surface area contributed by atoms with Gasteiger partial charge < -0.3 is 4.74 Å². The largest absolute Gasteiger partial charge is 0.381 e. The van der Waals surface area contributed by atoms with Gasteiger partial charge in [-0.3, -0.25) is 4.79 Å². The molecule has 1 aromatic rings. The van der Waals surface area contributed by atoms with Crippen LogP contribution in [0.25, 0.3) is 0 Å². The summed E-state index contributed by atoms with van der Waals surface area (Å²) in [7, 11) is 0. The van der Waals surface area contributed by atoms with Crippen LogP contribution in [-0.2, 0) is 4.74 Å². The number of carbonyl (C=O) groups is 1. The molecule has 1 atom stereocenters. The highest BCUT2D eigenvalue weighted by molar-refractivity contribution is 8.01. The highest BCUT2D eigenvalue weighted by Crippen LogP contribution is 2.27. The van der Waals surface area contributed by atoms with Gasteiger partial charge >= 0.3 is 0 Å². The lowest BCUT2D eigenvalue weighted by Gasteiger charge is -2.24. The van der Waals surface area contributed by atoms with Gasteiger partial charge in [0.05, 0.1) is 5.25 Å². The zero-order chi connectivity index (χ0) is 13.0. The van der Waals surface area contributed by atoms with Crippen molar-refractivity contribution in [2.75, 3.05) is 13.2 Å². The van der Waals surface area contributed by atoms with Crippen LogP contribution in [0.15, 0.2) is 24.3 Å². The van der Waals surface area contributed by atoms with Crippen LogP contribution < -0.4 is 0 Å². The Morgan fingerprint density at radius 1 is 1.33 bits per heavy atom. The fraction of sp³-hybridized carbons (Fsp3) is 0.500. The van der Waals surface area contributed by atoms with Gasteiger partial charge in [0.25, 0.3) is 0 Å². The van der Waals surface area contributed by atoms with Gasteiger partial charge in [-0.05, 0) is 44.0 Å². The van der Waals surface area contributed by atoms with Crippen LogP contribution in [0.3, 0.4) is 0 Å². The molecule has 1 saturated heterocycles. The van der Waals surface area contributed by atoms with Crippen molar-refractivity contribution in [2.45, 2.75) is 30.3 Å². The van der Waals surface area contributed by atoms with Gasteiger partial charge in [-0.25, -0.2) is 4.39 Å². The molecule has 2 rings (SSSR count). The molecule has 0 aromatic heterocycles. The van der Waals surface area contributed by atoms with E-state index in [0.29, 0.717) is 10.8 Å². The van der Waals surface area contributed by atoms with Crippen LogP contribution in [0.1, 0.15) is 30.1 Å². The first kappa shape index (κ1) is 13.6. The second kappa shape index (κ2) is 6.34. The first-order valence-electron chi connectivity index (χ1n) is 6.20. The van der Waals surface area contributed by atoms with Crippen molar-refractivity contribution >= 4 is 17.5 Å². The molecule has 0 radical (unpaired) electrons. The Kier molecular flexibility index (Phi) is 4.78. The Labute approximate surface area is 111 Å². The number of carbonyl (C=O) groups excluding carboxylic acids is 1. The van der Waals surface area contributed by atoms with E-state index in [9.17, 15) is 9.18 Å². The third kappa shape index (κ3) is 3.56. The van der Waals surface area contributed by atoms with Gasteiger partial charge in [0.2, 0.25) is 0 Å². The van der Waals surface area contributed by atoms with Crippen molar-refractivity contribution in [2.24, 2.45) is 0 Å². The van der Waals surface area contributed by atoms with Gasteiger partial charge in [-0.15, -0.1) is 11.8 Å². The van der Waals surface area contributed by atoms with Crippen LogP contribution in [0.5, 0.6) is 0 Å². The SMILES string of the molecule is CC(SC1CCOCC1)C(=O)c1ccc(F)cc1. The van der Waals surface area contributed by atoms with Gasteiger partial charge in [0, 0.05) is 24.0 Å². The number of ether oxygens (including phenoxy) is 1. The molecule has 18 heavy (non-hydrogen) atoms. The van der Waals surface area contributed by atoms with Crippen molar-refractivity contribution in [3.05, 3.63) is 35.6 Å². The van der Waals surface area contributed by atoms with E-state index in [1.54, 1.807) is 23.9 Å². The van der Waals surface area contributed by atoms with Gasteiger partial charge in [-0.2, -0.15) is 0 Å². The molecule has 0 saturated carbocycles. The standard InChI is InChI=1S/C14H17FO2S/c1-10(18-13-6-8-17-9-7-13)14(16)11-2-4-12(15)5-3-11/h2-5,10,13H,6-9H2,1H3. The van der Waals surface area contributed by atoms with Gasteiger partial charge in [0.1, 0.15) is 5.82 Å². The third-order valence-electron chi connectivity index (χ3n) is 3.06. The molecule has 98 valence electrons. The smallest absolute Gasteiger partial charge is 0.175 e. The zero-order valence-corrected chi connectivity index (χ0v) is 11.2. The summed E-state index contributed by atoms with van der Waals surface area (Å²) in [5.74, 6) is -0.234. The molecule has 1 aromatic carbocycles. The topological polar surface area (TPSA) is 26.3 Å². The lowest BCUT2D eigenvalue weighted by atomic mass is 10.1. The van der Waals surface area contributed by atoms with Crippen molar-refractivity contribution in [3.8, 4) is 0 Å². The number of Topliss-reactive ketones (excluding diaryl/α,β-unsaturated/α-hetero) is 1. The molecule has 0 N–H and O–H groups in total. The molecule has 1 aliphatic rings. The molecular formula is C14H17FO2S. The number of benzene rings is 1. The molecular weight excluding hydrogens is 251 g/mol. The van der Waals surface area contributed by atoms with Crippen LogP contribution in [0.2, 0.25) is 0 Å². The predicted molar refractivity (Wildman–Crippen MR) is 71.6 cm³/mol. The van der Waals surface area contributed by atoms with E-state index >= 15 is 0 Å². The van der Waals surface area contributed by atoms with Crippen molar-refractivity contribution in [1.82, 2.24) is 0 Å². The summed E-state index contributed by atoms with van der Waals surface area (Å²) in [6, 6.07) is 5.77. The number of rotatable bonds is 4. The van der Waals surface area contributed by atoms with Crippen molar-refractivity contribution in [1.29, 1.82) is 0 Å². The van der Waals surface area contributed by atoms with E-state index in [0.717, 1.165) is 26.1 Å². The Morgan fingerprint density at radius 3 is 2.56 bits per heavy atom. The first-order chi connectivity index (χ1) is 8.66. The van der Waals surface area contributed by atoms with E-state index in [1.807, 2.05) is 6.92 Å². The normalized spacial score (nSPS) is 18.6. The summed E-state index contributed by atoms with van der Waals surface area (Å²) in [4.78, 5) is 12.2. The van der Waals surface area contributed by atoms with Crippen LogP contribution in [0, 0.1) is 5.82 Å². The Morgan fingerprint density at radius 2 is 1.94 bits per heavy atom. The molecule has 4 heteroatoms. The second-order valence-electron chi connectivity index (χ2n) is 4.46. The average Bonchev–Trinajstić information content (AvgIpc) is 2.40. The van der Waals surface area contributed by atoms with E-state index in [-0.39, 0.29) is 16.9 Å². The number of thioether (sulfide) groups is 1. The molecule has 1 heterocycles. The maximum absolute atomic E-state index is 12.8. The summed E-state index contributed by atoms with van der Waals surface area (Å²) < 4.78 is 18.1. The van der Waals surface area contributed by atoms with Crippen LogP contribution in [0.4, 0.5) is 4.39 Å². The summed E-state index contributed by atoms with van der Waals surface area (Å²) in [5.41, 5.74) is 0.587. The third-order valence-corrected chi connectivity index (χ3v) is 4.54. The molecule has 0 amide bonds. The highest BCUT2D eigenvalue weighted by Gasteiger charge is 2.22. The van der Waals surface area contributed by atoms with E-state index in [1.165, 1.54) is 12.1 Å².